The molecule has 0 spiro atoms. The van der Waals surface area contributed by atoms with E-state index >= 15 is 0 Å². The van der Waals surface area contributed by atoms with Crippen molar-refractivity contribution in [3.63, 3.8) is 0 Å². The average molecular weight is 276 g/mol. The highest BCUT2D eigenvalue weighted by Gasteiger charge is 2.30. The third-order valence-corrected chi connectivity index (χ3v) is 3.74. The molecule has 0 saturated carbocycles. The van der Waals surface area contributed by atoms with E-state index < -0.39 is 0 Å². The van der Waals surface area contributed by atoms with Crippen molar-refractivity contribution in [2.75, 3.05) is 18.0 Å². The first kappa shape index (κ1) is 14.9. The smallest absolute Gasteiger partial charge is 0.226 e. The summed E-state index contributed by atoms with van der Waals surface area (Å²) in [5, 5.41) is 0. The molecule has 0 saturated heterocycles. The van der Waals surface area contributed by atoms with Gasteiger partial charge < -0.3 is 15.4 Å². The van der Waals surface area contributed by atoms with Crippen LogP contribution in [-0.2, 0) is 11.2 Å². The third-order valence-electron chi connectivity index (χ3n) is 3.74. The van der Waals surface area contributed by atoms with Gasteiger partial charge in [0.15, 0.2) is 0 Å². The molecule has 0 aromatic heterocycles. The van der Waals surface area contributed by atoms with Gasteiger partial charge >= 0.3 is 0 Å². The lowest BCUT2D eigenvalue weighted by atomic mass is 10.0. The zero-order valence-corrected chi connectivity index (χ0v) is 12.6. The van der Waals surface area contributed by atoms with Gasteiger partial charge in [-0.25, -0.2) is 0 Å². The van der Waals surface area contributed by atoms with Crippen LogP contribution < -0.4 is 15.4 Å². The standard InChI is InChI=1S/C16H24N2O2/c1-4-16(19)18-10-15(11(2)3)20-14-6-5-12(7-8-17)9-13(14)18/h5-6,9,11,15H,4,7-8,10,17H2,1-3H3. The molecule has 4 nitrogen and oxygen atoms in total. The summed E-state index contributed by atoms with van der Waals surface area (Å²) in [7, 11) is 0. The van der Waals surface area contributed by atoms with E-state index in [2.05, 4.69) is 13.8 Å². The topological polar surface area (TPSA) is 55.6 Å². The van der Waals surface area contributed by atoms with Crippen LogP contribution in [0.25, 0.3) is 0 Å². The van der Waals surface area contributed by atoms with E-state index in [1.807, 2.05) is 30.0 Å². The summed E-state index contributed by atoms with van der Waals surface area (Å²) in [4.78, 5) is 14.1. The molecule has 0 bridgehead atoms. The normalized spacial score (nSPS) is 17.9. The number of carbonyl (C=O) groups excluding carboxylic acids is 1. The van der Waals surface area contributed by atoms with Crippen LogP contribution in [0.4, 0.5) is 5.69 Å². The Kier molecular flexibility index (Phi) is 4.65. The lowest BCUT2D eigenvalue weighted by Gasteiger charge is -2.37. The van der Waals surface area contributed by atoms with Gasteiger partial charge in [0.2, 0.25) is 5.91 Å². The second-order valence-corrected chi connectivity index (χ2v) is 5.60. The van der Waals surface area contributed by atoms with Crippen molar-refractivity contribution in [3.05, 3.63) is 23.8 Å². The maximum absolute atomic E-state index is 12.2. The van der Waals surface area contributed by atoms with Gasteiger partial charge in [-0.05, 0) is 36.6 Å². The lowest BCUT2D eigenvalue weighted by molar-refractivity contribution is -0.118. The summed E-state index contributed by atoms with van der Waals surface area (Å²) in [5.74, 6) is 1.32. The predicted octanol–water partition coefficient (Wildman–Crippen LogP) is 2.35. The lowest BCUT2D eigenvalue weighted by Crippen LogP contribution is -2.45. The molecule has 1 amide bonds. The predicted molar refractivity (Wildman–Crippen MR) is 81.1 cm³/mol. The van der Waals surface area contributed by atoms with E-state index in [9.17, 15) is 4.79 Å². The Morgan fingerprint density at radius 2 is 2.25 bits per heavy atom. The Labute approximate surface area is 120 Å². The van der Waals surface area contributed by atoms with E-state index in [4.69, 9.17) is 10.5 Å². The van der Waals surface area contributed by atoms with Crippen LogP contribution in [0.15, 0.2) is 18.2 Å². The molecule has 20 heavy (non-hydrogen) atoms. The number of anilines is 1. The van der Waals surface area contributed by atoms with E-state index in [1.165, 1.54) is 0 Å². The summed E-state index contributed by atoms with van der Waals surface area (Å²) in [6.07, 6.45) is 1.37. The Morgan fingerprint density at radius 3 is 2.85 bits per heavy atom. The number of hydrogen-bond donors (Lipinski definition) is 1. The molecule has 1 aromatic rings. The van der Waals surface area contributed by atoms with E-state index in [-0.39, 0.29) is 12.0 Å². The average Bonchev–Trinajstić information content (AvgIpc) is 2.45. The van der Waals surface area contributed by atoms with Crippen molar-refractivity contribution in [1.82, 2.24) is 0 Å². The number of ether oxygens (including phenoxy) is 1. The Balaban J connectivity index is 2.37. The number of rotatable bonds is 4. The number of fused-ring (bicyclic) bond motifs is 1. The number of hydrogen-bond acceptors (Lipinski definition) is 3. The highest BCUT2D eigenvalue weighted by atomic mass is 16.5. The number of carbonyl (C=O) groups is 1. The van der Waals surface area contributed by atoms with E-state index in [0.717, 1.165) is 23.4 Å². The zero-order chi connectivity index (χ0) is 14.7. The molecule has 1 aliphatic rings. The number of nitrogens with two attached hydrogens (primary N) is 1. The first-order chi connectivity index (χ1) is 9.56. The zero-order valence-electron chi connectivity index (χ0n) is 12.6. The Bertz CT molecular complexity index is 485. The molecule has 1 unspecified atom stereocenters. The van der Waals surface area contributed by atoms with Crippen LogP contribution in [0.1, 0.15) is 32.8 Å². The fourth-order valence-corrected chi connectivity index (χ4v) is 2.45. The van der Waals surface area contributed by atoms with Gasteiger partial charge in [-0.2, -0.15) is 0 Å². The van der Waals surface area contributed by atoms with Gasteiger partial charge in [0, 0.05) is 6.42 Å². The molecule has 110 valence electrons. The molecule has 1 heterocycles. The second-order valence-electron chi connectivity index (χ2n) is 5.60. The van der Waals surface area contributed by atoms with Gasteiger partial charge in [0.05, 0.1) is 12.2 Å². The first-order valence-electron chi connectivity index (χ1n) is 7.36. The van der Waals surface area contributed by atoms with Crippen molar-refractivity contribution >= 4 is 11.6 Å². The molecule has 0 radical (unpaired) electrons. The van der Waals surface area contributed by atoms with Crippen LogP contribution in [-0.4, -0.2) is 25.1 Å². The fourth-order valence-electron chi connectivity index (χ4n) is 2.45. The number of benzene rings is 1. The molecule has 1 atom stereocenters. The van der Waals surface area contributed by atoms with Crippen LogP contribution in [0, 0.1) is 5.92 Å². The van der Waals surface area contributed by atoms with E-state index in [1.54, 1.807) is 0 Å². The highest BCUT2D eigenvalue weighted by molar-refractivity contribution is 5.95. The maximum Gasteiger partial charge on any atom is 0.226 e. The molecular formula is C16H24N2O2. The van der Waals surface area contributed by atoms with Gasteiger partial charge in [-0.15, -0.1) is 0 Å². The summed E-state index contributed by atoms with van der Waals surface area (Å²) in [6, 6.07) is 6.03. The van der Waals surface area contributed by atoms with Crippen LogP contribution in [0.2, 0.25) is 0 Å². The van der Waals surface area contributed by atoms with Gasteiger partial charge in [-0.3, -0.25) is 4.79 Å². The van der Waals surface area contributed by atoms with Crippen molar-refractivity contribution in [3.8, 4) is 5.75 Å². The molecule has 2 N–H and O–H groups in total. The number of nitrogens with zero attached hydrogens (tertiary/aromatic N) is 1. The molecular weight excluding hydrogens is 252 g/mol. The summed E-state index contributed by atoms with van der Waals surface area (Å²) >= 11 is 0. The third kappa shape index (κ3) is 2.96. The molecule has 0 aliphatic carbocycles. The minimum Gasteiger partial charge on any atom is -0.486 e. The van der Waals surface area contributed by atoms with Gasteiger partial charge in [-0.1, -0.05) is 26.8 Å². The largest absolute Gasteiger partial charge is 0.486 e. The Morgan fingerprint density at radius 1 is 1.50 bits per heavy atom. The van der Waals surface area contributed by atoms with Crippen molar-refractivity contribution < 1.29 is 9.53 Å². The molecule has 2 rings (SSSR count). The van der Waals surface area contributed by atoms with Gasteiger partial charge in [0.1, 0.15) is 11.9 Å². The van der Waals surface area contributed by atoms with Crippen molar-refractivity contribution in [1.29, 1.82) is 0 Å². The minimum absolute atomic E-state index is 0.0540. The fraction of sp³-hybridized carbons (Fsp3) is 0.562. The number of amides is 1. The minimum atomic E-state index is 0.0540. The first-order valence-corrected chi connectivity index (χ1v) is 7.36. The van der Waals surface area contributed by atoms with Crippen molar-refractivity contribution in [2.45, 2.75) is 39.7 Å². The molecule has 1 aliphatic heterocycles. The molecule has 1 aromatic carbocycles. The maximum atomic E-state index is 12.2. The summed E-state index contributed by atoms with van der Waals surface area (Å²) < 4.78 is 6.03. The monoisotopic (exact) mass is 276 g/mol. The quantitative estimate of drug-likeness (QED) is 0.918. The van der Waals surface area contributed by atoms with E-state index in [0.29, 0.717) is 25.4 Å². The van der Waals surface area contributed by atoms with Crippen LogP contribution in [0.3, 0.4) is 0 Å². The summed E-state index contributed by atoms with van der Waals surface area (Å²) in [6.45, 7) is 7.37. The van der Waals surface area contributed by atoms with Crippen molar-refractivity contribution in [2.24, 2.45) is 11.7 Å². The molecule has 4 heteroatoms. The Hall–Kier alpha value is -1.55. The SMILES string of the molecule is CCC(=O)N1CC(C(C)C)Oc2ccc(CCN)cc21. The van der Waals surface area contributed by atoms with Gasteiger partial charge in [0.25, 0.3) is 0 Å². The summed E-state index contributed by atoms with van der Waals surface area (Å²) in [5.41, 5.74) is 7.64. The van der Waals surface area contributed by atoms with Crippen LogP contribution in [0.5, 0.6) is 5.75 Å². The van der Waals surface area contributed by atoms with Crippen LogP contribution >= 0.6 is 0 Å². The second kappa shape index (κ2) is 6.27. The highest BCUT2D eigenvalue weighted by Crippen LogP contribution is 2.36. The molecule has 0 fully saturated rings.